The second-order valence-electron chi connectivity index (χ2n) is 9.46. The number of likely N-dealkylation sites (tertiary alicyclic amines) is 1. The highest BCUT2D eigenvalue weighted by Crippen LogP contribution is 2.34. The van der Waals surface area contributed by atoms with Crippen molar-refractivity contribution >= 4 is 34.8 Å². The highest BCUT2D eigenvalue weighted by Gasteiger charge is 2.28. The van der Waals surface area contributed by atoms with E-state index in [2.05, 4.69) is 20.6 Å². The molecule has 6 rings (SSSR count). The Hall–Kier alpha value is -4.21. The summed E-state index contributed by atoms with van der Waals surface area (Å²) in [6, 6.07) is 16.8. The Kier molecular flexibility index (Phi) is 6.54. The van der Waals surface area contributed by atoms with E-state index in [-0.39, 0.29) is 17.8 Å². The molecule has 0 radical (unpaired) electrons. The van der Waals surface area contributed by atoms with Crippen LogP contribution in [0.1, 0.15) is 22.3 Å². The number of benzene rings is 3. The number of nitrogens with zero attached hydrogens (tertiary/aromatic N) is 4. The number of nitrogens with one attached hydrogen (secondary N) is 3. The monoisotopic (exact) mass is 543 g/mol. The zero-order valence-electron chi connectivity index (χ0n) is 21.0. The van der Waals surface area contributed by atoms with Crippen LogP contribution in [0.3, 0.4) is 0 Å². The molecule has 3 N–H and O–H groups in total. The van der Waals surface area contributed by atoms with Crippen molar-refractivity contribution in [2.24, 2.45) is 4.99 Å². The zero-order chi connectivity index (χ0) is 27.1. The van der Waals surface area contributed by atoms with Crippen LogP contribution in [0.4, 0.5) is 20.4 Å². The minimum Gasteiger partial charge on any atom is -0.353 e. The molecule has 3 heterocycles. The number of hydrogen-bond acceptors (Lipinski definition) is 6. The van der Waals surface area contributed by atoms with E-state index in [0.29, 0.717) is 45.2 Å². The normalized spacial score (nSPS) is 14.6. The molecule has 0 bridgehead atoms. The van der Waals surface area contributed by atoms with Crippen molar-refractivity contribution in [3.05, 3.63) is 106 Å². The number of amidine groups is 1. The van der Waals surface area contributed by atoms with Crippen molar-refractivity contribution < 1.29 is 8.78 Å². The summed E-state index contributed by atoms with van der Waals surface area (Å²) in [4.78, 5) is 15.8. The van der Waals surface area contributed by atoms with Gasteiger partial charge < -0.3 is 15.5 Å². The summed E-state index contributed by atoms with van der Waals surface area (Å²) in [6.45, 7) is 1.78. The first kappa shape index (κ1) is 25.1. The van der Waals surface area contributed by atoms with Crippen LogP contribution in [0.25, 0.3) is 11.3 Å². The molecule has 4 aromatic rings. The van der Waals surface area contributed by atoms with Crippen molar-refractivity contribution in [2.45, 2.75) is 12.6 Å². The predicted octanol–water partition coefficient (Wildman–Crippen LogP) is 5.40. The summed E-state index contributed by atoms with van der Waals surface area (Å²) in [7, 11) is 1.93. The molecular formula is C29H24ClF2N7. The van der Waals surface area contributed by atoms with Crippen molar-refractivity contribution in [1.29, 1.82) is 5.41 Å². The number of anilines is 2. The Morgan fingerprint density at radius 3 is 2.49 bits per heavy atom. The molecule has 10 heteroatoms. The molecular weight excluding hydrogens is 520 g/mol. The molecule has 2 aliphatic heterocycles. The summed E-state index contributed by atoms with van der Waals surface area (Å²) in [5.41, 5.74) is 4.02. The van der Waals surface area contributed by atoms with E-state index in [9.17, 15) is 8.78 Å². The average Bonchev–Trinajstić information content (AvgIpc) is 3.05. The average molecular weight is 544 g/mol. The van der Waals surface area contributed by atoms with Crippen molar-refractivity contribution in [1.82, 2.24) is 20.2 Å². The maximum atomic E-state index is 14.8. The van der Waals surface area contributed by atoms with Gasteiger partial charge >= 0.3 is 0 Å². The third kappa shape index (κ3) is 4.75. The predicted molar refractivity (Wildman–Crippen MR) is 149 cm³/mol. The van der Waals surface area contributed by atoms with Crippen LogP contribution in [0.5, 0.6) is 0 Å². The van der Waals surface area contributed by atoms with Gasteiger partial charge in [0.2, 0.25) is 5.95 Å². The van der Waals surface area contributed by atoms with Crippen LogP contribution in [-0.2, 0) is 6.54 Å². The molecule has 0 saturated carbocycles. The Morgan fingerprint density at radius 2 is 1.77 bits per heavy atom. The van der Waals surface area contributed by atoms with Gasteiger partial charge in [-0.2, -0.15) is 0 Å². The first-order valence-electron chi connectivity index (χ1n) is 12.4. The molecule has 0 amide bonds. The molecule has 0 atom stereocenters. The van der Waals surface area contributed by atoms with Crippen LogP contribution in [0.2, 0.25) is 5.02 Å². The summed E-state index contributed by atoms with van der Waals surface area (Å²) in [6.07, 6.45) is 1.67. The first-order chi connectivity index (χ1) is 18.9. The molecule has 1 fully saturated rings. The van der Waals surface area contributed by atoms with Crippen molar-refractivity contribution in [3.8, 4) is 11.3 Å². The van der Waals surface area contributed by atoms with Gasteiger partial charge in [-0.1, -0.05) is 23.7 Å². The van der Waals surface area contributed by atoms with Gasteiger partial charge in [-0.25, -0.2) is 18.7 Å². The highest BCUT2D eigenvalue weighted by molar-refractivity contribution is 6.31. The summed E-state index contributed by atoms with van der Waals surface area (Å²) < 4.78 is 29.5. The fraction of sp³-hybridized carbons (Fsp3) is 0.172. The fourth-order valence-corrected chi connectivity index (χ4v) is 4.96. The first-order valence-corrected chi connectivity index (χ1v) is 12.8. The quantitative estimate of drug-likeness (QED) is 0.232. The lowest BCUT2D eigenvalue weighted by Gasteiger charge is -2.40. The summed E-state index contributed by atoms with van der Waals surface area (Å²) in [5.74, 6) is -0.553. The largest absolute Gasteiger partial charge is 0.353 e. The van der Waals surface area contributed by atoms with Crippen molar-refractivity contribution in [2.75, 3.05) is 25.5 Å². The van der Waals surface area contributed by atoms with Crippen molar-refractivity contribution in [3.63, 3.8) is 0 Å². The Bertz CT molecular complexity index is 1590. The fourth-order valence-electron chi connectivity index (χ4n) is 4.79. The number of halogens is 3. The van der Waals surface area contributed by atoms with E-state index in [4.69, 9.17) is 22.0 Å². The molecule has 0 unspecified atom stereocenters. The van der Waals surface area contributed by atoms with Gasteiger partial charge in [-0.3, -0.25) is 10.4 Å². The molecule has 196 valence electrons. The van der Waals surface area contributed by atoms with Gasteiger partial charge in [0, 0.05) is 58.3 Å². The molecule has 1 aromatic heterocycles. The Labute approximate surface area is 229 Å². The van der Waals surface area contributed by atoms with E-state index >= 15 is 0 Å². The second-order valence-corrected chi connectivity index (χ2v) is 9.90. The smallest absolute Gasteiger partial charge is 0.227 e. The lowest BCUT2D eigenvalue weighted by molar-refractivity contribution is 0.224. The molecule has 39 heavy (non-hydrogen) atoms. The standard InChI is InChI=1S/C29H24ClF2N7/c1-34-20-14-39(15-20)28(33)16-5-8-19(9-6-16)37-29-36-13-17-12-35-27(25-23(31)3-2-4-24(25)32)22-11-18(30)7-10-21(22)26(17)38-29/h2-11,13,20,33-34H,12,14-15H2,1H3,(H,36,37,38). The number of rotatable bonds is 5. The number of fused-ring (bicyclic) bond motifs is 3. The zero-order valence-corrected chi connectivity index (χ0v) is 21.7. The topological polar surface area (TPSA) is 89.3 Å². The SMILES string of the molecule is CNC1CN(C(=N)c2ccc(Nc3ncc4c(n3)-c3ccc(Cl)cc3C(c3c(F)cccc3F)=NC4)cc2)C1. The number of aromatic nitrogens is 2. The summed E-state index contributed by atoms with van der Waals surface area (Å²) >= 11 is 6.30. The minimum atomic E-state index is -0.702. The van der Waals surface area contributed by atoms with Gasteiger partial charge in [0.15, 0.2) is 0 Å². The molecule has 0 aliphatic carbocycles. The van der Waals surface area contributed by atoms with Gasteiger partial charge in [0.1, 0.15) is 17.5 Å². The van der Waals surface area contributed by atoms with Crippen LogP contribution in [0.15, 0.2) is 71.9 Å². The van der Waals surface area contributed by atoms with Gasteiger partial charge in [0.25, 0.3) is 0 Å². The van der Waals surface area contributed by atoms with Crippen LogP contribution < -0.4 is 10.6 Å². The number of hydrogen-bond donors (Lipinski definition) is 3. The molecule has 3 aromatic carbocycles. The van der Waals surface area contributed by atoms with E-state index < -0.39 is 11.6 Å². The highest BCUT2D eigenvalue weighted by atomic mass is 35.5. The lowest BCUT2D eigenvalue weighted by Crippen LogP contribution is -2.58. The van der Waals surface area contributed by atoms with Crippen LogP contribution >= 0.6 is 11.6 Å². The molecule has 7 nitrogen and oxygen atoms in total. The minimum absolute atomic E-state index is 0.146. The van der Waals surface area contributed by atoms with Gasteiger partial charge in [-0.15, -0.1) is 0 Å². The van der Waals surface area contributed by atoms with E-state index in [1.807, 2.05) is 36.2 Å². The molecule has 1 saturated heterocycles. The lowest BCUT2D eigenvalue weighted by atomic mass is 9.95. The Balaban J connectivity index is 1.30. The van der Waals surface area contributed by atoms with E-state index in [1.165, 1.54) is 18.2 Å². The van der Waals surface area contributed by atoms with Gasteiger partial charge in [0.05, 0.1) is 23.5 Å². The van der Waals surface area contributed by atoms with E-state index in [1.54, 1.807) is 24.4 Å². The molecule has 0 spiro atoms. The number of aliphatic imine (C=N–C) groups is 1. The second kappa shape index (κ2) is 10.2. The van der Waals surface area contributed by atoms with Crippen LogP contribution in [0, 0.1) is 17.0 Å². The summed E-state index contributed by atoms with van der Waals surface area (Å²) in [5, 5.41) is 15.3. The number of likely N-dealkylation sites (N-methyl/N-ethyl adjacent to an activating group) is 1. The maximum Gasteiger partial charge on any atom is 0.227 e. The third-order valence-corrected chi connectivity index (χ3v) is 7.22. The maximum absolute atomic E-state index is 14.8. The van der Waals surface area contributed by atoms with Crippen LogP contribution in [-0.4, -0.2) is 52.6 Å². The third-order valence-electron chi connectivity index (χ3n) is 6.98. The molecule has 2 aliphatic rings. The Morgan fingerprint density at radius 1 is 1.03 bits per heavy atom. The van der Waals surface area contributed by atoms with E-state index in [0.717, 1.165) is 24.3 Å². The van der Waals surface area contributed by atoms with Gasteiger partial charge in [-0.05, 0) is 55.6 Å².